The van der Waals surface area contributed by atoms with Gasteiger partial charge in [-0.05, 0) is 12.3 Å². The Kier molecular flexibility index (Phi) is 2.51. The fourth-order valence-electron chi connectivity index (χ4n) is 0.998. The van der Waals surface area contributed by atoms with Crippen molar-refractivity contribution < 1.29 is 0 Å². The fourth-order valence-corrected chi connectivity index (χ4v) is 2.81. The molecule has 0 amide bonds. The third-order valence-electron chi connectivity index (χ3n) is 1.87. The quantitative estimate of drug-likeness (QED) is 0.757. The summed E-state index contributed by atoms with van der Waals surface area (Å²) in [5, 5.41) is 8.27. The highest BCUT2D eigenvalue weighted by Crippen LogP contribution is 2.35. The first-order valence-corrected chi connectivity index (χ1v) is 5.86. The van der Waals surface area contributed by atoms with E-state index in [0.29, 0.717) is 5.13 Å². The topological polar surface area (TPSA) is 51.8 Å². The van der Waals surface area contributed by atoms with E-state index in [-0.39, 0.29) is 0 Å². The van der Waals surface area contributed by atoms with Crippen LogP contribution in [0.25, 0.3) is 0 Å². The Morgan fingerprint density at radius 1 is 1.50 bits per heavy atom. The van der Waals surface area contributed by atoms with E-state index in [0.717, 1.165) is 10.3 Å². The molecule has 0 saturated heterocycles. The first-order valence-electron chi connectivity index (χ1n) is 4.06. The lowest BCUT2D eigenvalue weighted by Gasteiger charge is -1.93. The van der Waals surface area contributed by atoms with Crippen molar-refractivity contribution >= 4 is 28.2 Å². The molecule has 0 bridgehead atoms. The second-order valence-corrected chi connectivity index (χ2v) is 5.34. The van der Waals surface area contributed by atoms with E-state index in [2.05, 4.69) is 10.2 Å². The minimum atomic E-state index is 0.573. The Morgan fingerprint density at radius 2 is 2.33 bits per heavy atom. The monoisotopic (exact) mass is 201 g/mol. The molecule has 1 aromatic rings. The van der Waals surface area contributed by atoms with Crippen LogP contribution in [0.1, 0.15) is 19.3 Å². The average molecular weight is 201 g/mol. The van der Waals surface area contributed by atoms with Gasteiger partial charge in [-0.3, -0.25) is 0 Å². The molecule has 0 aromatic carbocycles. The predicted molar refractivity (Wildman–Crippen MR) is 52.4 cm³/mol. The first kappa shape index (κ1) is 8.31. The molecule has 0 atom stereocenters. The molecular formula is C7H11N3S2. The van der Waals surface area contributed by atoms with Gasteiger partial charge in [-0.15, -0.1) is 10.2 Å². The zero-order chi connectivity index (χ0) is 8.39. The van der Waals surface area contributed by atoms with E-state index < -0.39 is 0 Å². The smallest absolute Gasteiger partial charge is 0.203 e. The van der Waals surface area contributed by atoms with Gasteiger partial charge in [0.1, 0.15) is 0 Å². The SMILES string of the molecule is Nc1nnc(SCCC2CC2)s1. The number of anilines is 1. The highest BCUT2D eigenvalue weighted by atomic mass is 32.2. The van der Waals surface area contributed by atoms with Crippen LogP contribution in [0.2, 0.25) is 0 Å². The van der Waals surface area contributed by atoms with E-state index in [4.69, 9.17) is 5.73 Å². The number of nitrogens with zero attached hydrogens (tertiary/aromatic N) is 2. The fraction of sp³-hybridized carbons (Fsp3) is 0.714. The largest absolute Gasteiger partial charge is 0.374 e. The van der Waals surface area contributed by atoms with Gasteiger partial charge in [0.2, 0.25) is 5.13 Å². The van der Waals surface area contributed by atoms with Crippen LogP contribution < -0.4 is 5.73 Å². The van der Waals surface area contributed by atoms with Crippen LogP contribution in [0.15, 0.2) is 4.34 Å². The van der Waals surface area contributed by atoms with E-state index in [1.54, 1.807) is 11.8 Å². The summed E-state index contributed by atoms with van der Waals surface area (Å²) >= 11 is 3.25. The molecule has 1 aromatic heterocycles. The molecule has 2 rings (SSSR count). The Bertz CT molecular complexity index is 257. The lowest BCUT2D eigenvalue weighted by Crippen LogP contribution is -1.81. The number of nitrogens with two attached hydrogens (primary N) is 1. The maximum absolute atomic E-state index is 5.45. The van der Waals surface area contributed by atoms with E-state index in [1.165, 1.54) is 36.4 Å². The van der Waals surface area contributed by atoms with Gasteiger partial charge in [0, 0.05) is 5.75 Å². The molecule has 0 radical (unpaired) electrons. The van der Waals surface area contributed by atoms with Gasteiger partial charge in [-0.25, -0.2) is 0 Å². The number of rotatable bonds is 4. The molecule has 1 aliphatic rings. The second kappa shape index (κ2) is 3.62. The molecule has 66 valence electrons. The van der Waals surface area contributed by atoms with Crippen LogP contribution in [0.3, 0.4) is 0 Å². The number of hydrogen-bond acceptors (Lipinski definition) is 5. The number of nitrogen functional groups attached to an aromatic ring is 1. The number of thioether (sulfide) groups is 1. The molecular weight excluding hydrogens is 190 g/mol. The van der Waals surface area contributed by atoms with Crippen LogP contribution in [-0.2, 0) is 0 Å². The van der Waals surface area contributed by atoms with Gasteiger partial charge in [0.15, 0.2) is 4.34 Å². The molecule has 0 spiro atoms. The van der Waals surface area contributed by atoms with Gasteiger partial charge in [0.05, 0.1) is 0 Å². The van der Waals surface area contributed by atoms with E-state index in [9.17, 15) is 0 Å². The van der Waals surface area contributed by atoms with Crippen molar-refractivity contribution in [1.29, 1.82) is 0 Å². The molecule has 2 N–H and O–H groups in total. The highest BCUT2D eigenvalue weighted by molar-refractivity contribution is 8.01. The highest BCUT2D eigenvalue weighted by Gasteiger charge is 2.20. The molecule has 1 saturated carbocycles. The molecule has 0 unspecified atom stereocenters. The predicted octanol–water partition coefficient (Wildman–Crippen LogP) is 2.01. The molecule has 5 heteroatoms. The standard InChI is InChI=1S/C7H11N3S2/c8-6-9-10-7(12-6)11-4-3-5-1-2-5/h5H,1-4H2,(H2,8,9). The van der Waals surface area contributed by atoms with Gasteiger partial charge in [-0.1, -0.05) is 35.9 Å². The summed E-state index contributed by atoms with van der Waals surface area (Å²) < 4.78 is 1.01. The summed E-state index contributed by atoms with van der Waals surface area (Å²) in [5.41, 5.74) is 5.45. The van der Waals surface area contributed by atoms with Crippen molar-refractivity contribution in [2.45, 2.75) is 23.6 Å². The normalized spacial score (nSPS) is 16.7. The maximum Gasteiger partial charge on any atom is 0.203 e. The molecule has 12 heavy (non-hydrogen) atoms. The minimum absolute atomic E-state index is 0.573. The summed E-state index contributed by atoms with van der Waals surface area (Å²) in [4.78, 5) is 0. The Labute approximate surface area is 79.8 Å². The zero-order valence-electron chi connectivity index (χ0n) is 6.69. The van der Waals surface area contributed by atoms with Crippen LogP contribution in [0, 0.1) is 5.92 Å². The summed E-state index contributed by atoms with van der Waals surface area (Å²) in [6.07, 6.45) is 4.18. The third kappa shape index (κ3) is 2.35. The lowest BCUT2D eigenvalue weighted by molar-refractivity contribution is 0.808. The van der Waals surface area contributed by atoms with Gasteiger partial charge >= 0.3 is 0 Å². The Hall–Kier alpha value is -0.290. The summed E-state index contributed by atoms with van der Waals surface area (Å²) in [7, 11) is 0. The van der Waals surface area contributed by atoms with Crippen molar-refractivity contribution in [3.63, 3.8) is 0 Å². The van der Waals surface area contributed by atoms with Gasteiger partial charge in [0.25, 0.3) is 0 Å². The average Bonchev–Trinajstić information content (AvgIpc) is 2.76. The van der Waals surface area contributed by atoms with Crippen molar-refractivity contribution in [1.82, 2.24) is 10.2 Å². The van der Waals surface area contributed by atoms with E-state index in [1.807, 2.05) is 0 Å². The maximum atomic E-state index is 5.45. The molecule has 1 aliphatic carbocycles. The summed E-state index contributed by atoms with van der Waals surface area (Å²) in [6.45, 7) is 0. The third-order valence-corrected chi connectivity index (χ3v) is 3.79. The summed E-state index contributed by atoms with van der Waals surface area (Å²) in [6, 6.07) is 0. The number of hydrogen-bond donors (Lipinski definition) is 1. The van der Waals surface area contributed by atoms with Crippen molar-refractivity contribution in [3.8, 4) is 0 Å². The molecule has 0 aliphatic heterocycles. The van der Waals surface area contributed by atoms with Crippen molar-refractivity contribution in [2.75, 3.05) is 11.5 Å². The van der Waals surface area contributed by atoms with Crippen LogP contribution in [-0.4, -0.2) is 16.0 Å². The number of aromatic nitrogens is 2. The Morgan fingerprint density at radius 3 is 2.92 bits per heavy atom. The van der Waals surface area contributed by atoms with Crippen LogP contribution >= 0.6 is 23.1 Å². The van der Waals surface area contributed by atoms with Gasteiger partial charge < -0.3 is 5.73 Å². The second-order valence-electron chi connectivity index (χ2n) is 2.99. The molecule has 1 heterocycles. The van der Waals surface area contributed by atoms with Crippen molar-refractivity contribution in [3.05, 3.63) is 0 Å². The zero-order valence-corrected chi connectivity index (χ0v) is 8.33. The van der Waals surface area contributed by atoms with Gasteiger partial charge in [-0.2, -0.15) is 0 Å². The molecule has 3 nitrogen and oxygen atoms in total. The molecule has 1 fully saturated rings. The van der Waals surface area contributed by atoms with Crippen molar-refractivity contribution in [2.24, 2.45) is 5.92 Å². The van der Waals surface area contributed by atoms with Crippen LogP contribution in [0.4, 0.5) is 5.13 Å². The van der Waals surface area contributed by atoms with E-state index >= 15 is 0 Å². The lowest BCUT2D eigenvalue weighted by atomic mass is 10.3. The van der Waals surface area contributed by atoms with Crippen LogP contribution in [0.5, 0.6) is 0 Å². The first-order chi connectivity index (χ1) is 5.84. The Balaban J connectivity index is 1.71. The minimum Gasteiger partial charge on any atom is -0.374 e. The summed E-state index contributed by atoms with van der Waals surface area (Å²) in [5.74, 6) is 2.17.